The average molecular weight is 163 g/mol. The van der Waals surface area contributed by atoms with Crippen molar-refractivity contribution in [1.29, 1.82) is 0 Å². The van der Waals surface area contributed by atoms with Crippen LogP contribution in [0.5, 0.6) is 0 Å². The molecule has 3 nitrogen and oxygen atoms in total. The van der Waals surface area contributed by atoms with E-state index in [9.17, 15) is 4.79 Å². The van der Waals surface area contributed by atoms with Gasteiger partial charge < -0.3 is 0 Å². The topological polar surface area (TPSA) is 32.6 Å². The molecule has 3 heteroatoms. The second-order valence-electron chi connectivity index (χ2n) is 2.74. The maximum Gasteiger partial charge on any atom is 0.171 e. The van der Waals surface area contributed by atoms with Crippen LogP contribution in [0.2, 0.25) is 0 Å². The first kappa shape index (κ1) is 7.31. The van der Waals surface area contributed by atoms with E-state index >= 15 is 0 Å². The molecule has 0 aromatic heterocycles. The molecule has 0 bridgehead atoms. The summed E-state index contributed by atoms with van der Waals surface area (Å²) in [5.74, 6) is 0.0910. The van der Waals surface area contributed by atoms with Crippen molar-refractivity contribution in [2.75, 3.05) is 11.8 Å². The molecule has 0 radical (unpaired) electrons. The lowest BCUT2D eigenvalue weighted by Crippen LogP contribution is -1.93. The molecule has 0 spiro atoms. The fourth-order valence-electron chi connectivity index (χ4n) is 1.04. The number of anilines is 1. The SMILES string of the molecule is CC(=O)c1ccc(N2CO2)cc1. The van der Waals surface area contributed by atoms with E-state index in [1.807, 2.05) is 12.1 Å². The Hall–Kier alpha value is -1.35. The molecule has 2 rings (SSSR count). The predicted octanol–water partition coefficient (Wildman–Crippen LogP) is 1.60. The lowest BCUT2D eigenvalue weighted by Gasteiger charge is -1.98. The number of nitrogens with zero attached hydrogens (tertiary/aromatic N) is 1. The van der Waals surface area contributed by atoms with E-state index < -0.39 is 0 Å². The van der Waals surface area contributed by atoms with Crippen molar-refractivity contribution in [3.05, 3.63) is 29.8 Å². The molecule has 1 heterocycles. The van der Waals surface area contributed by atoms with Crippen LogP contribution in [-0.4, -0.2) is 12.5 Å². The maximum atomic E-state index is 10.9. The highest BCUT2D eigenvalue weighted by atomic mass is 16.8. The minimum atomic E-state index is 0.0910. The van der Waals surface area contributed by atoms with Crippen molar-refractivity contribution in [1.82, 2.24) is 0 Å². The van der Waals surface area contributed by atoms with E-state index in [-0.39, 0.29) is 5.78 Å². The Kier molecular flexibility index (Phi) is 1.59. The molecular weight excluding hydrogens is 154 g/mol. The van der Waals surface area contributed by atoms with E-state index in [0.29, 0.717) is 6.73 Å². The zero-order valence-corrected chi connectivity index (χ0v) is 6.78. The number of hydroxylamine groups is 1. The highest BCUT2D eigenvalue weighted by molar-refractivity contribution is 5.94. The summed E-state index contributed by atoms with van der Waals surface area (Å²) in [4.78, 5) is 15.8. The van der Waals surface area contributed by atoms with Gasteiger partial charge in [0.25, 0.3) is 0 Å². The zero-order valence-electron chi connectivity index (χ0n) is 6.78. The summed E-state index contributed by atoms with van der Waals surface area (Å²) in [6.07, 6.45) is 0. The number of rotatable bonds is 2. The summed E-state index contributed by atoms with van der Waals surface area (Å²) in [7, 11) is 0. The Morgan fingerprint density at radius 2 is 2.00 bits per heavy atom. The van der Waals surface area contributed by atoms with Gasteiger partial charge in [0.15, 0.2) is 12.5 Å². The molecule has 1 fully saturated rings. The summed E-state index contributed by atoms with van der Waals surface area (Å²) >= 11 is 0. The molecule has 12 heavy (non-hydrogen) atoms. The molecular formula is C9H9NO2. The van der Waals surface area contributed by atoms with Gasteiger partial charge in [-0.2, -0.15) is 0 Å². The van der Waals surface area contributed by atoms with Crippen molar-refractivity contribution in [3.8, 4) is 0 Å². The van der Waals surface area contributed by atoms with Crippen molar-refractivity contribution < 1.29 is 9.63 Å². The Morgan fingerprint density at radius 3 is 2.42 bits per heavy atom. The summed E-state index contributed by atoms with van der Waals surface area (Å²) < 4.78 is 0. The van der Waals surface area contributed by atoms with Crippen molar-refractivity contribution in [2.45, 2.75) is 6.92 Å². The quantitative estimate of drug-likeness (QED) is 0.490. The molecule has 0 amide bonds. The average Bonchev–Trinajstić information content (AvgIpc) is 2.87. The van der Waals surface area contributed by atoms with Crippen LogP contribution in [0.25, 0.3) is 0 Å². The van der Waals surface area contributed by atoms with Gasteiger partial charge in [-0.1, -0.05) is 0 Å². The van der Waals surface area contributed by atoms with Crippen LogP contribution in [-0.2, 0) is 4.84 Å². The van der Waals surface area contributed by atoms with Crippen LogP contribution in [0.3, 0.4) is 0 Å². The molecule has 1 aromatic carbocycles. The number of Topliss-reactive ketones (excluding diaryl/α,β-unsaturated/α-hetero) is 1. The second kappa shape index (κ2) is 2.60. The van der Waals surface area contributed by atoms with E-state index in [1.165, 1.54) is 0 Å². The van der Waals surface area contributed by atoms with Crippen LogP contribution in [0.1, 0.15) is 17.3 Å². The van der Waals surface area contributed by atoms with Gasteiger partial charge in [0, 0.05) is 5.56 Å². The molecule has 0 saturated carbocycles. The number of ketones is 1. The second-order valence-corrected chi connectivity index (χ2v) is 2.74. The van der Waals surface area contributed by atoms with Gasteiger partial charge in [-0.05, 0) is 31.2 Å². The third kappa shape index (κ3) is 1.31. The number of benzene rings is 1. The number of carbonyl (C=O) groups excluding carboxylic acids is 1. The minimum Gasteiger partial charge on any atom is -0.295 e. The summed E-state index contributed by atoms with van der Waals surface area (Å²) in [6, 6.07) is 7.37. The number of hydrogen-bond acceptors (Lipinski definition) is 3. The van der Waals surface area contributed by atoms with Crippen LogP contribution in [0.4, 0.5) is 5.69 Å². The van der Waals surface area contributed by atoms with E-state index in [4.69, 9.17) is 4.84 Å². The normalized spacial score (nSPS) is 14.6. The van der Waals surface area contributed by atoms with Gasteiger partial charge in [0.1, 0.15) is 0 Å². The standard InChI is InChI=1S/C9H9NO2/c1-7(11)8-2-4-9(5-3-8)10-6-12-10/h2-5H,6H2,1H3. The first-order valence-corrected chi connectivity index (χ1v) is 3.79. The summed E-state index contributed by atoms with van der Waals surface area (Å²) in [5.41, 5.74) is 1.74. The van der Waals surface area contributed by atoms with E-state index in [2.05, 4.69) is 0 Å². The number of carbonyl (C=O) groups is 1. The van der Waals surface area contributed by atoms with Crippen LogP contribution >= 0.6 is 0 Å². The molecule has 0 unspecified atom stereocenters. The third-order valence-electron chi connectivity index (χ3n) is 1.82. The Morgan fingerprint density at radius 1 is 1.42 bits per heavy atom. The van der Waals surface area contributed by atoms with Crippen LogP contribution in [0, 0.1) is 0 Å². The molecule has 1 aliphatic heterocycles. The summed E-state index contributed by atoms with van der Waals surface area (Å²) in [6.45, 7) is 2.21. The van der Waals surface area contributed by atoms with E-state index in [1.54, 1.807) is 24.1 Å². The van der Waals surface area contributed by atoms with Gasteiger partial charge in [-0.3, -0.25) is 4.79 Å². The van der Waals surface area contributed by atoms with E-state index in [0.717, 1.165) is 11.3 Å². The zero-order chi connectivity index (χ0) is 8.55. The largest absolute Gasteiger partial charge is 0.295 e. The molecule has 1 aromatic rings. The molecule has 62 valence electrons. The highest BCUT2D eigenvalue weighted by Gasteiger charge is 2.19. The van der Waals surface area contributed by atoms with Gasteiger partial charge in [0.05, 0.1) is 5.69 Å². The lowest BCUT2D eigenvalue weighted by atomic mass is 10.1. The fourth-order valence-corrected chi connectivity index (χ4v) is 1.04. The van der Waals surface area contributed by atoms with Gasteiger partial charge in [-0.15, -0.1) is 0 Å². The van der Waals surface area contributed by atoms with Gasteiger partial charge in [-0.25, -0.2) is 9.90 Å². The predicted molar refractivity (Wildman–Crippen MR) is 44.9 cm³/mol. The van der Waals surface area contributed by atoms with Gasteiger partial charge >= 0.3 is 0 Å². The molecule has 1 aliphatic rings. The molecule has 0 aliphatic carbocycles. The van der Waals surface area contributed by atoms with Crippen LogP contribution in [0.15, 0.2) is 24.3 Å². The Labute approximate surface area is 70.5 Å². The maximum absolute atomic E-state index is 10.9. The fraction of sp³-hybridized carbons (Fsp3) is 0.222. The van der Waals surface area contributed by atoms with Crippen molar-refractivity contribution >= 4 is 11.5 Å². The monoisotopic (exact) mass is 163 g/mol. The smallest absolute Gasteiger partial charge is 0.171 e. The Balaban J connectivity index is 2.24. The lowest BCUT2D eigenvalue weighted by molar-refractivity contribution is 0.101. The van der Waals surface area contributed by atoms with Gasteiger partial charge in [0.2, 0.25) is 0 Å². The van der Waals surface area contributed by atoms with Crippen LogP contribution < -0.4 is 5.06 Å². The highest BCUT2D eigenvalue weighted by Crippen LogP contribution is 2.22. The number of hydrogen-bond donors (Lipinski definition) is 0. The molecule has 0 atom stereocenters. The third-order valence-corrected chi connectivity index (χ3v) is 1.82. The first-order valence-electron chi connectivity index (χ1n) is 3.79. The van der Waals surface area contributed by atoms with Crippen molar-refractivity contribution in [2.24, 2.45) is 0 Å². The van der Waals surface area contributed by atoms with Crippen molar-refractivity contribution in [3.63, 3.8) is 0 Å². The first-order chi connectivity index (χ1) is 5.77. The molecule has 1 saturated heterocycles. The molecule has 0 N–H and O–H groups in total. The summed E-state index contributed by atoms with van der Waals surface area (Å²) in [5, 5.41) is 1.75. The Bertz CT molecular complexity index is 301. The minimum absolute atomic E-state index is 0.0910.